The van der Waals surface area contributed by atoms with Crippen LogP contribution in [-0.4, -0.2) is 35.4 Å². The van der Waals surface area contributed by atoms with Crippen molar-refractivity contribution in [1.82, 2.24) is 10.3 Å². The number of carbonyl (C=O) groups is 3. The zero-order chi connectivity index (χ0) is 17.0. The Morgan fingerprint density at radius 1 is 1.52 bits per heavy atom. The summed E-state index contributed by atoms with van der Waals surface area (Å²) in [4.78, 5) is 38.3. The van der Waals surface area contributed by atoms with Gasteiger partial charge in [0.2, 0.25) is 11.8 Å². The number of pyridine rings is 1. The summed E-state index contributed by atoms with van der Waals surface area (Å²) in [5.74, 6) is -0.937. The number of nitrogens with zero attached hydrogens (tertiary/aromatic N) is 1. The summed E-state index contributed by atoms with van der Waals surface area (Å²) in [6.45, 7) is 1.78. The van der Waals surface area contributed by atoms with Crippen LogP contribution in [0.3, 0.4) is 0 Å². The average molecular weight is 320 g/mol. The van der Waals surface area contributed by atoms with Crippen LogP contribution in [-0.2, 0) is 14.4 Å². The number of aliphatic carboxylic acids is 1. The molecule has 0 bridgehead atoms. The van der Waals surface area contributed by atoms with Crippen LogP contribution in [0.5, 0.6) is 5.88 Å². The molecule has 124 valence electrons. The molecule has 0 radical (unpaired) electrons. The molecular weight excluding hydrogens is 300 g/mol. The van der Waals surface area contributed by atoms with E-state index in [0.717, 1.165) is 6.29 Å². The van der Waals surface area contributed by atoms with Crippen LogP contribution >= 0.6 is 0 Å². The van der Waals surface area contributed by atoms with Gasteiger partial charge in [-0.25, -0.2) is 4.98 Å². The summed E-state index contributed by atoms with van der Waals surface area (Å²) in [5, 5.41) is 11.8. The normalized spacial score (nSPS) is 24.2. The minimum Gasteiger partial charge on any atom is -0.481 e. The Morgan fingerprint density at radius 2 is 2.22 bits per heavy atom. The van der Waals surface area contributed by atoms with Crippen LogP contribution in [0.2, 0.25) is 0 Å². The summed E-state index contributed by atoms with van der Waals surface area (Å²) in [6, 6.07) is 2.62. The van der Waals surface area contributed by atoms with Crippen molar-refractivity contribution in [3.63, 3.8) is 0 Å². The quantitative estimate of drug-likeness (QED) is 0.734. The molecule has 7 heteroatoms. The lowest BCUT2D eigenvalue weighted by Crippen LogP contribution is -2.49. The van der Waals surface area contributed by atoms with Gasteiger partial charge in [0.05, 0.1) is 19.6 Å². The lowest BCUT2D eigenvalue weighted by molar-refractivity contribution is -0.141. The number of ether oxygens (including phenoxy) is 1. The fourth-order valence-corrected chi connectivity index (χ4v) is 2.86. The van der Waals surface area contributed by atoms with Crippen molar-refractivity contribution in [3.05, 3.63) is 23.9 Å². The maximum atomic E-state index is 12.4. The molecule has 1 aromatic heterocycles. The van der Waals surface area contributed by atoms with E-state index < -0.39 is 17.4 Å². The molecule has 23 heavy (non-hydrogen) atoms. The number of hydrogen-bond acceptors (Lipinski definition) is 5. The number of methoxy groups -OCH3 is 1. The first-order valence-electron chi connectivity index (χ1n) is 7.36. The summed E-state index contributed by atoms with van der Waals surface area (Å²) in [7, 11) is 1.49. The van der Waals surface area contributed by atoms with E-state index in [1.54, 1.807) is 19.1 Å². The molecular formula is C16H20N2O5. The topological polar surface area (TPSA) is 106 Å². The van der Waals surface area contributed by atoms with Crippen molar-refractivity contribution >= 4 is 18.2 Å². The van der Waals surface area contributed by atoms with E-state index in [4.69, 9.17) is 9.84 Å². The Morgan fingerprint density at radius 3 is 2.70 bits per heavy atom. The number of carboxylic acid groups (broad SMARTS) is 1. The van der Waals surface area contributed by atoms with Gasteiger partial charge in [0, 0.05) is 23.6 Å². The third-order valence-corrected chi connectivity index (χ3v) is 4.22. The fourth-order valence-electron chi connectivity index (χ4n) is 2.86. The second kappa shape index (κ2) is 6.76. The highest BCUT2D eigenvalue weighted by atomic mass is 16.5. The maximum absolute atomic E-state index is 12.4. The molecule has 1 aromatic rings. The molecule has 1 aliphatic rings. The van der Waals surface area contributed by atoms with Crippen molar-refractivity contribution in [1.29, 1.82) is 0 Å². The molecule has 0 saturated heterocycles. The molecule has 1 saturated carbocycles. The summed E-state index contributed by atoms with van der Waals surface area (Å²) in [6.07, 6.45) is 3.08. The zero-order valence-electron chi connectivity index (χ0n) is 13.1. The molecule has 1 fully saturated rings. The van der Waals surface area contributed by atoms with E-state index in [1.165, 1.54) is 13.3 Å². The molecule has 1 atom stereocenters. The number of carboxylic acids is 1. The molecule has 0 aromatic carbocycles. The van der Waals surface area contributed by atoms with E-state index in [0.29, 0.717) is 24.3 Å². The Balaban J connectivity index is 2.10. The predicted octanol–water partition coefficient (Wildman–Crippen LogP) is 1.34. The maximum Gasteiger partial charge on any atom is 0.305 e. The van der Waals surface area contributed by atoms with E-state index >= 15 is 0 Å². The van der Waals surface area contributed by atoms with E-state index in [2.05, 4.69) is 10.3 Å². The van der Waals surface area contributed by atoms with Crippen LogP contribution in [0.1, 0.15) is 37.8 Å². The van der Waals surface area contributed by atoms with Gasteiger partial charge in [-0.3, -0.25) is 9.59 Å². The summed E-state index contributed by atoms with van der Waals surface area (Å²) < 4.78 is 4.97. The van der Waals surface area contributed by atoms with Crippen LogP contribution in [0.25, 0.3) is 0 Å². The van der Waals surface area contributed by atoms with Crippen molar-refractivity contribution in [2.75, 3.05) is 7.11 Å². The minimum atomic E-state index is -1.02. The number of carbonyl (C=O) groups excluding carboxylic acids is 2. The van der Waals surface area contributed by atoms with Crippen LogP contribution in [0.15, 0.2) is 18.3 Å². The van der Waals surface area contributed by atoms with Gasteiger partial charge in [0.15, 0.2) is 0 Å². The standard InChI is InChI=1S/C16H20N2O5/c1-16(6-10(7-16)9-19)15(22)18-12(5-14(20)21)11-3-4-13(23-2)17-8-11/h3-4,8-10,12H,5-7H2,1-2H3,(H,18,22)(H,20,21). The van der Waals surface area contributed by atoms with Gasteiger partial charge >= 0.3 is 5.97 Å². The molecule has 1 aliphatic carbocycles. The molecule has 1 unspecified atom stereocenters. The SMILES string of the molecule is COc1ccc(C(CC(=O)O)NC(=O)C2(C)CC(C=O)C2)cn1. The third kappa shape index (κ3) is 3.85. The van der Waals surface area contributed by atoms with E-state index in [1.807, 2.05) is 0 Å². The number of amides is 1. The number of aromatic nitrogens is 1. The zero-order valence-corrected chi connectivity index (χ0v) is 13.1. The third-order valence-electron chi connectivity index (χ3n) is 4.22. The van der Waals surface area contributed by atoms with Gasteiger partial charge in [-0.05, 0) is 18.4 Å². The lowest BCUT2D eigenvalue weighted by atomic mass is 9.63. The van der Waals surface area contributed by atoms with Gasteiger partial charge < -0.3 is 20.0 Å². The minimum absolute atomic E-state index is 0.0914. The van der Waals surface area contributed by atoms with E-state index in [9.17, 15) is 14.4 Å². The van der Waals surface area contributed by atoms with Gasteiger partial charge in [-0.15, -0.1) is 0 Å². The first-order valence-corrected chi connectivity index (χ1v) is 7.36. The van der Waals surface area contributed by atoms with Crippen LogP contribution in [0.4, 0.5) is 0 Å². The molecule has 2 rings (SSSR count). The van der Waals surface area contributed by atoms with Gasteiger partial charge in [0.1, 0.15) is 6.29 Å². The molecule has 0 aliphatic heterocycles. The molecule has 1 amide bonds. The van der Waals surface area contributed by atoms with Crippen molar-refractivity contribution in [2.45, 2.75) is 32.2 Å². The Kier molecular flexibility index (Phi) is 4.98. The van der Waals surface area contributed by atoms with Crippen LogP contribution < -0.4 is 10.1 Å². The monoisotopic (exact) mass is 320 g/mol. The fraction of sp³-hybridized carbons (Fsp3) is 0.500. The van der Waals surface area contributed by atoms with Gasteiger partial charge in [0.25, 0.3) is 0 Å². The highest BCUT2D eigenvalue weighted by Crippen LogP contribution is 2.44. The van der Waals surface area contributed by atoms with Crippen LogP contribution in [0, 0.1) is 11.3 Å². The Bertz CT molecular complexity index is 593. The van der Waals surface area contributed by atoms with Crippen molar-refractivity contribution in [2.24, 2.45) is 11.3 Å². The smallest absolute Gasteiger partial charge is 0.305 e. The number of aldehydes is 1. The van der Waals surface area contributed by atoms with Gasteiger partial charge in [-0.1, -0.05) is 13.0 Å². The number of nitrogens with one attached hydrogen (secondary N) is 1. The highest BCUT2D eigenvalue weighted by molar-refractivity contribution is 5.85. The second-order valence-corrected chi connectivity index (χ2v) is 6.12. The number of rotatable bonds is 7. The summed E-state index contributed by atoms with van der Waals surface area (Å²) in [5.41, 5.74) is -0.0289. The first kappa shape index (κ1) is 16.9. The predicted molar refractivity (Wildman–Crippen MR) is 80.8 cm³/mol. The van der Waals surface area contributed by atoms with Crippen molar-refractivity contribution in [3.8, 4) is 5.88 Å². The second-order valence-electron chi connectivity index (χ2n) is 6.12. The molecule has 0 spiro atoms. The molecule has 2 N–H and O–H groups in total. The van der Waals surface area contributed by atoms with Crippen molar-refractivity contribution < 1.29 is 24.2 Å². The molecule has 1 heterocycles. The van der Waals surface area contributed by atoms with E-state index in [-0.39, 0.29) is 18.2 Å². The highest BCUT2D eigenvalue weighted by Gasteiger charge is 2.46. The van der Waals surface area contributed by atoms with Gasteiger partial charge in [-0.2, -0.15) is 0 Å². The lowest BCUT2D eigenvalue weighted by Gasteiger charge is -2.41. The average Bonchev–Trinajstić information content (AvgIpc) is 2.50. The molecule has 7 nitrogen and oxygen atoms in total. The number of hydrogen-bond donors (Lipinski definition) is 2. The Hall–Kier alpha value is -2.44. The summed E-state index contributed by atoms with van der Waals surface area (Å²) >= 11 is 0. The first-order chi connectivity index (χ1) is 10.9. The Labute approximate surface area is 134 Å². The largest absolute Gasteiger partial charge is 0.481 e.